The number of nitrogens with one attached hydrogen (secondary N) is 1. The molecule has 0 radical (unpaired) electrons. The van der Waals surface area contributed by atoms with Crippen molar-refractivity contribution in [3.05, 3.63) is 36.8 Å². The first-order valence-corrected chi connectivity index (χ1v) is 8.12. The third kappa shape index (κ3) is 2.80. The Morgan fingerprint density at radius 1 is 1.05 bits per heavy atom. The van der Waals surface area contributed by atoms with E-state index >= 15 is 0 Å². The summed E-state index contributed by atoms with van der Waals surface area (Å²) in [6.45, 7) is 0. The van der Waals surface area contributed by atoms with Gasteiger partial charge in [-0.25, -0.2) is 9.67 Å². The van der Waals surface area contributed by atoms with Gasteiger partial charge in [0.25, 0.3) is 0 Å². The molecule has 4 nitrogen and oxygen atoms in total. The fourth-order valence-electron chi connectivity index (χ4n) is 3.66. The van der Waals surface area contributed by atoms with Gasteiger partial charge in [0, 0.05) is 24.6 Å². The summed E-state index contributed by atoms with van der Waals surface area (Å²) in [5, 5.41) is 8.03. The first-order chi connectivity index (χ1) is 10.4. The van der Waals surface area contributed by atoms with Crippen LogP contribution in [0.3, 0.4) is 0 Å². The molecule has 2 unspecified atom stereocenters. The summed E-state index contributed by atoms with van der Waals surface area (Å²) in [7, 11) is 0. The Kier molecular flexibility index (Phi) is 3.37. The summed E-state index contributed by atoms with van der Waals surface area (Å²) >= 11 is 0. The molecule has 2 atom stereocenters. The SMILES string of the molecule is c1cnc(-n2cccn2)c(NC2CCCC(C3CC3)C2)c1. The fraction of sp³-hybridized carbons (Fsp3) is 0.529. The summed E-state index contributed by atoms with van der Waals surface area (Å²) in [4.78, 5) is 4.49. The Balaban J connectivity index is 1.51. The molecule has 0 aliphatic heterocycles. The highest BCUT2D eigenvalue weighted by Gasteiger charge is 2.34. The van der Waals surface area contributed by atoms with Gasteiger partial charge in [-0.1, -0.05) is 12.8 Å². The van der Waals surface area contributed by atoms with Crippen LogP contribution in [-0.2, 0) is 0 Å². The Morgan fingerprint density at radius 2 is 2.00 bits per heavy atom. The molecule has 2 aromatic rings. The first kappa shape index (κ1) is 12.9. The molecule has 21 heavy (non-hydrogen) atoms. The maximum atomic E-state index is 4.49. The van der Waals surface area contributed by atoms with Crippen LogP contribution in [0.25, 0.3) is 5.82 Å². The Hall–Kier alpha value is -1.84. The standard InChI is InChI=1S/C17H22N4/c1-4-14(13-7-8-13)12-15(5-1)20-16-6-2-9-18-17(16)21-11-3-10-19-21/h2-3,6,9-11,13-15,20H,1,4-5,7-8,12H2. The van der Waals surface area contributed by atoms with E-state index in [1.807, 2.05) is 29.2 Å². The third-order valence-electron chi connectivity index (χ3n) is 4.87. The highest BCUT2D eigenvalue weighted by Crippen LogP contribution is 2.44. The lowest BCUT2D eigenvalue weighted by molar-refractivity contribution is 0.303. The van der Waals surface area contributed by atoms with Crippen molar-refractivity contribution in [1.29, 1.82) is 0 Å². The van der Waals surface area contributed by atoms with Crippen LogP contribution >= 0.6 is 0 Å². The normalized spacial score (nSPS) is 25.7. The monoisotopic (exact) mass is 282 g/mol. The summed E-state index contributed by atoms with van der Waals surface area (Å²) in [5.41, 5.74) is 1.10. The van der Waals surface area contributed by atoms with E-state index in [0.717, 1.165) is 23.3 Å². The average molecular weight is 282 g/mol. The van der Waals surface area contributed by atoms with Crippen molar-refractivity contribution in [2.24, 2.45) is 11.8 Å². The minimum absolute atomic E-state index is 0.586. The molecule has 2 aliphatic carbocycles. The molecule has 2 aliphatic rings. The van der Waals surface area contributed by atoms with Crippen molar-refractivity contribution < 1.29 is 0 Å². The van der Waals surface area contributed by atoms with Gasteiger partial charge in [-0.3, -0.25) is 0 Å². The zero-order valence-corrected chi connectivity index (χ0v) is 12.3. The minimum atomic E-state index is 0.586. The maximum absolute atomic E-state index is 4.49. The highest BCUT2D eigenvalue weighted by atomic mass is 15.3. The molecule has 4 heteroatoms. The van der Waals surface area contributed by atoms with Gasteiger partial charge < -0.3 is 5.32 Å². The van der Waals surface area contributed by atoms with Crippen LogP contribution in [-0.4, -0.2) is 20.8 Å². The minimum Gasteiger partial charge on any atom is -0.379 e. The van der Waals surface area contributed by atoms with Crippen LogP contribution in [0.2, 0.25) is 0 Å². The van der Waals surface area contributed by atoms with E-state index in [-0.39, 0.29) is 0 Å². The van der Waals surface area contributed by atoms with Crippen LogP contribution in [0.5, 0.6) is 0 Å². The zero-order chi connectivity index (χ0) is 14.1. The van der Waals surface area contributed by atoms with E-state index in [9.17, 15) is 0 Å². The number of nitrogens with zero attached hydrogens (tertiary/aromatic N) is 3. The van der Waals surface area contributed by atoms with Crippen molar-refractivity contribution in [1.82, 2.24) is 14.8 Å². The molecule has 0 aromatic carbocycles. The molecule has 2 saturated carbocycles. The number of aromatic nitrogens is 3. The maximum Gasteiger partial charge on any atom is 0.176 e. The van der Waals surface area contributed by atoms with Gasteiger partial charge in [0.1, 0.15) is 0 Å². The second-order valence-corrected chi connectivity index (χ2v) is 6.43. The fourth-order valence-corrected chi connectivity index (χ4v) is 3.66. The molecular weight excluding hydrogens is 260 g/mol. The number of rotatable bonds is 4. The topological polar surface area (TPSA) is 42.7 Å². The molecule has 0 bridgehead atoms. The van der Waals surface area contributed by atoms with E-state index in [1.54, 1.807) is 6.20 Å². The van der Waals surface area contributed by atoms with E-state index in [4.69, 9.17) is 0 Å². The molecule has 2 aromatic heterocycles. The molecule has 0 amide bonds. The van der Waals surface area contributed by atoms with Gasteiger partial charge in [-0.05, 0) is 55.7 Å². The smallest absolute Gasteiger partial charge is 0.176 e. The predicted octanol–water partition coefficient (Wildman–Crippen LogP) is 3.65. The lowest BCUT2D eigenvalue weighted by Gasteiger charge is -2.30. The van der Waals surface area contributed by atoms with Crippen molar-refractivity contribution >= 4 is 5.69 Å². The summed E-state index contributed by atoms with van der Waals surface area (Å²) in [6, 6.07) is 6.63. The van der Waals surface area contributed by atoms with E-state index < -0.39 is 0 Å². The Bertz CT molecular complexity index is 589. The highest BCUT2D eigenvalue weighted by molar-refractivity contribution is 5.56. The predicted molar refractivity (Wildman–Crippen MR) is 83.5 cm³/mol. The quantitative estimate of drug-likeness (QED) is 0.931. The molecule has 4 rings (SSSR count). The largest absolute Gasteiger partial charge is 0.379 e. The summed E-state index contributed by atoms with van der Waals surface area (Å²) in [6.07, 6.45) is 13.9. The molecule has 1 N–H and O–H groups in total. The summed E-state index contributed by atoms with van der Waals surface area (Å²) < 4.78 is 1.84. The van der Waals surface area contributed by atoms with Crippen LogP contribution in [0, 0.1) is 11.8 Å². The van der Waals surface area contributed by atoms with Gasteiger partial charge in [-0.15, -0.1) is 0 Å². The Morgan fingerprint density at radius 3 is 2.81 bits per heavy atom. The average Bonchev–Trinajstić information content (AvgIpc) is 3.24. The van der Waals surface area contributed by atoms with Crippen LogP contribution in [0.4, 0.5) is 5.69 Å². The summed E-state index contributed by atoms with van der Waals surface area (Å²) in [5.74, 6) is 2.87. The van der Waals surface area contributed by atoms with Gasteiger partial charge in [-0.2, -0.15) is 5.10 Å². The van der Waals surface area contributed by atoms with Crippen LogP contribution in [0.1, 0.15) is 38.5 Å². The number of pyridine rings is 1. The van der Waals surface area contributed by atoms with Gasteiger partial charge in [0.15, 0.2) is 5.82 Å². The third-order valence-corrected chi connectivity index (χ3v) is 4.87. The molecule has 0 saturated heterocycles. The van der Waals surface area contributed by atoms with E-state index in [2.05, 4.69) is 21.5 Å². The van der Waals surface area contributed by atoms with Crippen molar-refractivity contribution in [2.45, 2.75) is 44.6 Å². The second-order valence-electron chi connectivity index (χ2n) is 6.43. The van der Waals surface area contributed by atoms with Crippen molar-refractivity contribution in [3.8, 4) is 5.82 Å². The molecule has 110 valence electrons. The van der Waals surface area contributed by atoms with Crippen molar-refractivity contribution in [3.63, 3.8) is 0 Å². The van der Waals surface area contributed by atoms with Crippen molar-refractivity contribution in [2.75, 3.05) is 5.32 Å². The van der Waals surface area contributed by atoms with Gasteiger partial charge >= 0.3 is 0 Å². The molecule has 2 heterocycles. The lowest BCUT2D eigenvalue weighted by Crippen LogP contribution is -2.28. The first-order valence-electron chi connectivity index (χ1n) is 8.12. The number of anilines is 1. The molecule has 2 fully saturated rings. The Labute approximate surface area is 125 Å². The van der Waals surface area contributed by atoms with E-state index in [1.165, 1.54) is 38.5 Å². The van der Waals surface area contributed by atoms with Gasteiger partial charge in [0.05, 0.1) is 5.69 Å². The second kappa shape index (κ2) is 5.51. The number of hydrogen-bond acceptors (Lipinski definition) is 3. The van der Waals surface area contributed by atoms with Gasteiger partial charge in [0.2, 0.25) is 0 Å². The van der Waals surface area contributed by atoms with Crippen LogP contribution in [0.15, 0.2) is 36.8 Å². The molecular formula is C17H22N4. The van der Waals surface area contributed by atoms with Crippen LogP contribution < -0.4 is 5.32 Å². The van der Waals surface area contributed by atoms with E-state index in [0.29, 0.717) is 6.04 Å². The zero-order valence-electron chi connectivity index (χ0n) is 12.3. The molecule has 0 spiro atoms. The number of hydrogen-bond donors (Lipinski definition) is 1. The lowest BCUT2D eigenvalue weighted by atomic mass is 9.82.